The molecule has 0 saturated heterocycles. The number of hydrogen-bond acceptors (Lipinski definition) is 3. The minimum atomic E-state index is -0.233. The maximum atomic E-state index is 13.5. The maximum Gasteiger partial charge on any atom is 0.191 e. The monoisotopic (exact) mass is 357 g/mol. The number of pyridine rings is 1. The number of nitrogens with one attached hydrogen (secondary N) is 2. The summed E-state index contributed by atoms with van der Waals surface area (Å²) in [6.07, 6.45) is 0. The Kier molecular flexibility index (Phi) is 6.55. The third-order valence-electron chi connectivity index (χ3n) is 4.21. The van der Waals surface area contributed by atoms with Crippen molar-refractivity contribution in [2.75, 3.05) is 32.6 Å². The predicted molar refractivity (Wildman–Crippen MR) is 106 cm³/mol. The van der Waals surface area contributed by atoms with Crippen molar-refractivity contribution in [3.8, 4) is 0 Å². The van der Waals surface area contributed by atoms with Gasteiger partial charge in [0.1, 0.15) is 11.6 Å². The molecule has 0 bridgehead atoms. The van der Waals surface area contributed by atoms with Gasteiger partial charge >= 0.3 is 0 Å². The van der Waals surface area contributed by atoms with E-state index in [1.165, 1.54) is 6.07 Å². The summed E-state index contributed by atoms with van der Waals surface area (Å²) in [5, 5.41) is 6.58. The second-order valence-electron chi connectivity index (χ2n) is 7.06. The van der Waals surface area contributed by atoms with Gasteiger partial charge in [-0.05, 0) is 29.8 Å². The lowest BCUT2D eigenvalue weighted by Gasteiger charge is -2.27. The van der Waals surface area contributed by atoms with Gasteiger partial charge in [0.2, 0.25) is 0 Å². The van der Waals surface area contributed by atoms with Crippen LogP contribution in [-0.2, 0) is 12.0 Å². The molecule has 2 aromatic rings. The molecular formula is C20H28FN5. The van der Waals surface area contributed by atoms with E-state index in [0.29, 0.717) is 19.0 Å². The van der Waals surface area contributed by atoms with E-state index >= 15 is 0 Å². The lowest BCUT2D eigenvalue weighted by molar-refractivity contribution is 0.503. The van der Waals surface area contributed by atoms with Gasteiger partial charge in [0.15, 0.2) is 5.96 Å². The number of hydrogen-bond donors (Lipinski definition) is 2. The Morgan fingerprint density at radius 2 is 1.88 bits per heavy atom. The summed E-state index contributed by atoms with van der Waals surface area (Å²) in [6.45, 7) is 5.34. The first-order valence-electron chi connectivity index (χ1n) is 8.65. The summed E-state index contributed by atoms with van der Waals surface area (Å²) in [7, 11) is 5.66. The molecule has 0 radical (unpaired) electrons. The molecule has 6 heteroatoms. The standard InChI is InChI=1S/C20H28FN5/c1-20(2,15-8-6-9-16(21)12-15)14-24-19(22-3)23-13-17-10-7-11-18(25-17)26(4)5/h6-12H,13-14H2,1-5H3,(H2,22,23,24). The van der Waals surface area contributed by atoms with Gasteiger partial charge in [-0.25, -0.2) is 9.37 Å². The second-order valence-corrected chi connectivity index (χ2v) is 7.06. The molecule has 140 valence electrons. The largest absolute Gasteiger partial charge is 0.363 e. The van der Waals surface area contributed by atoms with Gasteiger partial charge in [0.05, 0.1) is 12.2 Å². The zero-order valence-electron chi connectivity index (χ0n) is 16.2. The molecule has 0 aliphatic carbocycles. The molecule has 1 aromatic carbocycles. The van der Waals surface area contributed by atoms with Crippen LogP contribution in [0.2, 0.25) is 0 Å². The van der Waals surface area contributed by atoms with Crippen LogP contribution in [0.5, 0.6) is 0 Å². The lowest BCUT2D eigenvalue weighted by atomic mass is 9.84. The van der Waals surface area contributed by atoms with Crippen molar-refractivity contribution in [2.45, 2.75) is 25.8 Å². The number of aliphatic imine (C=N–C) groups is 1. The van der Waals surface area contributed by atoms with Gasteiger partial charge in [-0.1, -0.05) is 32.0 Å². The summed E-state index contributed by atoms with van der Waals surface area (Å²) in [6, 6.07) is 12.7. The Hall–Kier alpha value is -2.63. The van der Waals surface area contributed by atoms with Gasteiger partial charge < -0.3 is 15.5 Å². The number of anilines is 1. The summed E-state index contributed by atoms with van der Waals surface area (Å²) in [4.78, 5) is 10.8. The molecule has 0 saturated carbocycles. The molecule has 0 unspecified atom stereocenters. The van der Waals surface area contributed by atoms with E-state index in [0.717, 1.165) is 17.1 Å². The van der Waals surface area contributed by atoms with E-state index in [1.807, 2.05) is 43.3 Å². The van der Waals surface area contributed by atoms with Crippen molar-refractivity contribution in [3.63, 3.8) is 0 Å². The molecule has 0 amide bonds. The SMILES string of the molecule is CN=C(NCc1cccc(N(C)C)n1)NCC(C)(C)c1cccc(F)c1. The number of rotatable bonds is 6. The van der Waals surface area contributed by atoms with Crippen LogP contribution < -0.4 is 15.5 Å². The van der Waals surface area contributed by atoms with Crippen molar-refractivity contribution in [1.29, 1.82) is 0 Å². The number of benzene rings is 1. The molecule has 2 N–H and O–H groups in total. The highest BCUT2D eigenvalue weighted by molar-refractivity contribution is 5.79. The number of nitrogens with zero attached hydrogens (tertiary/aromatic N) is 3. The molecule has 2 rings (SSSR count). The minimum Gasteiger partial charge on any atom is -0.363 e. The quantitative estimate of drug-likeness (QED) is 0.617. The van der Waals surface area contributed by atoms with Crippen molar-refractivity contribution < 1.29 is 4.39 Å². The van der Waals surface area contributed by atoms with E-state index in [4.69, 9.17) is 0 Å². The third kappa shape index (κ3) is 5.44. The zero-order valence-corrected chi connectivity index (χ0v) is 16.2. The Balaban J connectivity index is 1.94. The summed E-state index contributed by atoms with van der Waals surface area (Å²) in [5.41, 5.74) is 1.65. The van der Waals surface area contributed by atoms with Crippen LogP contribution in [0.1, 0.15) is 25.1 Å². The lowest BCUT2D eigenvalue weighted by Crippen LogP contribution is -2.43. The van der Waals surface area contributed by atoms with Crippen molar-refractivity contribution in [3.05, 3.63) is 59.5 Å². The van der Waals surface area contributed by atoms with Crippen LogP contribution in [0.25, 0.3) is 0 Å². The summed E-state index contributed by atoms with van der Waals surface area (Å²) >= 11 is 0. The average molecular weight is 357 g/mol. The van der Waals surface area contributed by atoms with Gasteiger partial charge in [0, 0.05) is 33.1 Å². The van der Waals surface area contributed by atoms with E-state index in [2.05, 4.69) is 34.5 Å². The molecule has 1 aromatic heterocycles. The van der Waals surface area contributed by atoms with Gasteiger partial charge in [0.25, 0.3) is 0 Å². The van der Waals surface area contributed by atoms with Gasteiger partial charge in [-0.2, -0.15) is 0 Å². The fourth-order valence-corrected chi connectivity index (χ4v) is 2.53. The summed E-state index contributed by atoms with van der Waals surface area (Å²) in [5.74, 6) is 1.39. The average Bonchev–Trinajstić information content (AvgIpc) is 2.62. The second kappa shape index (κ2) is 8.65. The zero-order chi connectivity index (χ0) is 19.2. The Labute approximate surface area is 155 Å². The number of halogens is 1. The Morgan fingerprint density at radius 1 is 1.15 bits per heavy atom. The highest BCUT2D eigenvalue weighted by atomic mass is 19.1. The van der Waals surface area contributed by atoms with Gasteiger partial charge in [-0.3, -0.25) is 4.99 Å². The molecule has 0 atom stereocenters. The van der Waals surface area contributed by atoms with Crippen LogP contribution in [-0.4, -0.2) is 38.6 Å². The highest BCUT2D eigenvalue weighted by Gasteiger charge is 2.21. The number of guanidine groups is 1. The highest BCUT2D eigenvalue weighted by Crippen LogP contribution is 2.22. The fourth-order valence-electron chi connectivity index (χ4n) is 2.53. The van der Waals surface area contributed by atoms with E-state index in [9.17, 15) is 4.39 Å². The van der Waals surface area contributed by atoms with Crippen LogP contribution in [0.15, 0.2) is 47.5 Å². The molecule has 0 aliphatic rings. The Bertz CT molecular complexity index is 755. The van der Waals surface area contributed by atoms with E-state index in [-0.39, 0.29) is 11.2 Å². The molecule has 5 nitrogen and oxygen atoms in total. The molecule has 1 heterocycles. The molecule has 0 fully saturated rings. The normalized spacial score (nSPS) is 12.0. The molecule has 0 aliphatic heterocycles. The van der Waals surface area contributed by atoms with Crippen LogP contribution >= 0.6 is 0 Å². The molecular weight excluding hydrogens is 329 g/mol. The number of aromatic nitrogens is 1. The Morgan fingerprint density at radius 3 is 2.54 bits per heavy atom. The van der Waals surface area contributed by atoms with E-state index < -0.39 is 0 Å². The first-order valence-corrected chi connectivity index (χ1v) is 8.65. The minimum absolute atomic E-state index is 0.218. The first kappa shape index (κ1) is 19.7. The van der Waals surface area contributed by atoms with Crippen LogP contribution in [0.4, 0.5) is 10.2 Å². The summed E-state index contributed by atoms with van der Waals surface area (Å²) < 4.78 is 13.5. The van der Waals surface area contributed by atoms with Gasteiger partial charge in [-0.15, -0.1) is 0 Å². The predicted octanol–water partition coefficient (Wildman–Crippen LogP) is 2.93. The van der Waals surface area contributed by atoms with Crippen molar-refractivity contribution in [2.24, 2.45) is 4.99 Å². The fraction of sp³-hybridized carbons (Fsp3) is 0.400. The van der Waals surface area contributed by atoms with Crippen molar-refractivity contribution >= 4 is 11.8 Å². The molecule has 26 heavy (non-hydrogen) atoms. The first-order chi connectivity index (χ1) is 12.3. The molecule has 0 spiro atoms. The smallest absolute Gasteiger partial charge is 0.191 e. The topological polar surface area (TPSA) is 52.6 Å². The third-order valence-corrected chi connectivity index (χ3v) is 4.21. The van der Waals surface area contributed by atoms with E-state index in [1.54, 1.807) is 19.2 Å². The van der Waals surface area contributed by atoms with Crippen LogP contribution in [0.3, 0.4) is 0 Å². The van der Waals surface area contributed by atoms with Crippen LogP contribution in [0, 0.1) is 5.82 Å². The van der Waals surface area contributed by atoms with Crippen molar-refractivity contribution in [1.82, 2.24) is 15.6 Å². The maximum absolute atomic E-state index is 13.5.